The predicted molar refractivity (Wildman–Crippen MR) is 77.1 cm³/mol. The lowest BCUT2D eigenvalue weighted by Crippen LogP contribution is -2.12. The summed E-state index contributed by atoms with van der Waals surface area (Å²) in [4.78, 5) is 16.3. The maximum Gasteiger partial charge on any atom is 0.259 e. The van der Waals surface area contributed by atoms with E-state index in [0.29, 0.717) is 11.3 Å². The third-order valence-electron chi connectivity index (χ3n) is 2.90. The normalized spacial score (nSPS) is 10.7. The molecule has 3 aromatic rings. The summed E-state index contributed by atoms with van der Waals surface area (Å²) in [5.74, 6) is -0.263. The van der Waals surface area contributed by atoms with Crippen LogP contribution in [0, 0.1) is 6.92 Å². The van der Waals surface area contributed by atoms with Crippen LogP contribution in [-0.2, 0) is 0 Å². The fourth-order valence-corrected chi connectivity index (χ4v) is 2.09. The van der Waals surface area contributed by atoms with Gasteiger partial charge in [-0.25, -0.2) is 9.50 Å². The number of anilines is 1. The van der Waals surface area contributed by atoms with E-state index in [0.717, 1.165) is 11.1 Å². The SMILES string of the molecule is Cc1cnc(Cl)c(NC(=O)c2cnn3ccccc23)c1. The van der Waals surface area contributed by atoms with Gasteiger partial charge in [0.15, 0.2) is 5.15 Å². The van der Waals surface area contributed by atoms with Crippen molar-refractivity contribution in [3.63, 3.8) is 0 Å². The Morgan fingerprint density at radius 1 is 1.35 bits per heavy atom. The van der Waals surface area contributed by atoms with E-state index < -0.39 is 0 Å². The topological polar surface area (TPSA) is 59.3 Å². The minimum absolute atomic E-state index is 0.263. The number of nitrogens with one attached hydrogen (secondary N) is 1. The van der Waals surface area contributed by atoms with Crippen molar-refractivity contribution in [3.05, 3.63) is 59.1 Å². The molecule has 1 amide bonds. The highest BCUT2D eigenvalue weighted by atomic mass is 35.5. The number of aryl methyl sites for hydroxylation is 1. The number of halogens is 1. The highest BCUT2D eigenvalue weighted by molar-refractivity contribution is 6.32. The van der Waals surface area contributed by atoms with Gasteiger partial charge in [-0.05, 0) is 30.7 Å². The lowest BCUT2D eigenvalue weighted by Gasteiger charge is -2.06. The Hall–Kier alpha value is -2.40. The molecule has 0 unspecified atom stereocenters. The molecule has 0 radical (unpaired) electrons. The van der Waals surface area contributed by atoms with Crippen LogP contribution in [0.1, 0.15) is 15.9 Å². The quantitative estimate of drug-likeness (QED) is 0.737. The number of pyridine rings is 2. The van der Waals surface area contributed by atoms with Crippen LogP contribution in [0.5, 0.6) is 0 Å². The standard InChI is InChI=1S/C14H11ClN4O/c1-9-6-11(13(15)16-7-9)18-14(20)10-8-17-19-5-3-2-4-12(10)19/h2-8H,1H3,(H,18,20). The molecule has 3 heterocycles. The molecular weight excluding hydrogens is 276 g/mol. The summed E-state index contributed by atoms with van der Waals surface area (Å²) < 4.78 is 1.64. The average Bonchev–Trinajstić information content (AvgIpc) is 2.87. The monoisotopic (exact) mass is 286 g/mol. The van der Waals surface area contributed by atoms with Gasteiger partial charge in [0.25, 0.3) is 5.91 Å². The van der Waals surface area contributed by atoms with Crippen molar-refractivity contribution in [2.45, 2.75) is 6.92 Å². The fraction of sp³-hybridized carbons (Fsp3) is 0.0714. The van der Waals surface area contributed by atoms with Crippen LogP contribution in [0.3, 0.4) is 0 Å². The highest BCUT2D eigenvalue weighted by Crippen LogP contribution is 2.21. The van der Waals surface area contributed by atoms with Crippen molar-refractivity contribution >= 4 is 28.7 Å². The summed E-state index contributed by atoms with van der Waals surface area (Å²) in [6.07, 6.45) is 4.96. The van der Waals surface area contributed by atoms with E-state index in [4.69, 9.17) is 11.6 Å². The molecular formula is C14H11ClN4O. The van der Waals surface area contributed by atoms with E-state index in [-0.39, 0.29) is 11.1 Å². The number of carbonyl (C=O) groups is 1. The molecule has 0 saturated heterocycles. The van der Waals surface area contributed by atoms with Gasteiger partial charge in [-0.3, -0.25) is 4.79 Å². The Morgan fingerprint density at radius 2 is 2.20 bits per heavy atom. The molecule has 100 valence electrons. The first-order chi connectivity index (χ1) is 9.65. The third kappa shape index (κ3) is 2.23. The lowest BCUT2D eigenvalue weighted by molar-refractivity contribution is 0.102. The Bertz CT molecular complexity index is 797. The summed E-state index contributed by atoms with van der Waals surface area (Å²) in [5.41, 5.74) is 2.64. The molecule has 6 heteroatoms. The number of amides is 1. The first-order valence-corrected chi connectivity index (χ1v) is 6.39. The summed E-state index contributed by atoms with van der Waals surface area (Å²) in [6, 6.07) is 7.31. The second-order valence-electron chi connectivity index (χ2n) is 4.39. The van der Waals surface area contributed by atoms with Gasteiger partial charge in [-0.1, -0.05) is 17.7 Å². The van der Waals surface area contributed by atoms with Gasteiger partial charge in [0, 0.05) is 12.4 Å². The smallest absolute Gasteiger partial charge is 0.259 e. The van der Waals surface area contributed by atoms with Crippen molar-refractivity contribution in [1.29, 1.82) is 0 Å². The molecule has 0 fully saturated rings. The third-order valence-corrected chi connectivity index (χ3v) is 3.20. The van der Waals surface area contributed by atoms with Gasteiger partial charge >= 0.3 is 0 Å². The van der Waals surface area contributed by atoms with Gasteiger partial charge in [0.2, 0.25) is 0 Å². The average molecular weight is 287 g/mol. The fourth-order valence-electron chi connectivity index (χ4n) is 1.94. The van der Waals surface area contributed by atoms with Crippen LogP contribution in [0.15, 0.2) is 42.9 Å². The minimum atomic E-state index is -0.263. The van der Waals surface area contributed by atoms with E-state index in [2.05, 4.69) is 15.4 Å². The zero-order valence-electron chi connectivity index (χ0n) is 10.7. The molecule has 3 rings (SSSR count). The molecule has 0 aromatic carbocycles. The van der Waals surface area contributed by atoms with Gasteiger partial charge < -0.3 is 5.32 Å². The van der Waals surface area contributed by atoms with Crippen LogP contribution in [0.2, 0.25) is 5.15 Å². The van der Waals surface area contributed by atoms with Gasteiger partial charge in [0.1, 0.15) is 0 Å². The number of aromatic nitrogens is 3. The van der Waals surface area contributed by atoms with Gasteiger partial charge in [-0.2, -0.15) is 5.10 Å². The summed E-state index contributed by atoms with van der Waals surface area (Å²) in [7, 11) is 0. The first kappa shape index (κ1) is 12.6. The van der Waals surface area contributed by atoms with Gasteiger partial charge in [0.05, 0.1) is 23.0 Å². The van der Waals surface area contributed by atoms with Crippen molar-refractivity contribution in [3.8, 4) is 0 Å². The van der Waals surface area contributed by atoms with Crippen LogP contribution in [-0.4, -0.2) is 20.5 Å². The predicted octanol–water partition coefficient (Wildman–Crippen LogP) is 2.94. The van der Waals surface area contributed by atoms with Gasteiger partial charge in [-0.15, -0.1) is 0 Å². The molecule has 0 atom stereocenters. The van der Waals surface area contributed by atoms with Crippen molar-refractivity contribution in [2.75, 3.05) is 5.32 Å². The van der Waals surface area contributed by atoms with Crippen molar-refractivity contribution < 1.29 is 4.79 Å². The van der Waals surface area contributed by atoms with Crippen LogP contribution in [0.25, 0.3) is 5.52 Å². The maximum absolute atomic E-state index is 12.3. The maximum atomic E-state index is 12.3. The summed E-state index contributed by atoms with van der Waals surface area (Å²) >= 11 is 5.97. The minimum Gasteiger partial charge on any atom is -0.319 e. The van der Waals surface area contributed by atoms with Crippen LogP contribution < -0.4 is 5.32 Å². The van der Waals surface area contributed by atoms with E-state index in [1.54, 1.807) is 23.0 Å². The zero-order valence-corrected chi connectivity index (χ0v) is 11.4. The molecule has 0 aliphatic heterocycles. The molecule has 0 aliphatic rings. The first-order valence-electron chi connectivity index (χ1n) is 6.01. The molecule has 3 aromatic heterocycles. The summed E-state index contributed by atoms with van der Waals surface area (Å²) in [5, 5.41) is 7.15. The molecule has 5 nitrogen and oxygen atoms in total. The number of nitrogens with zero attached hydrogens (tertiary/aromatic N) is 3. The molecule has 0 aliphatic carbocycles. The van der Waals surface area contributed by atoms with E-state index >= 15 is 0 Å². The molecule has 20 heavy (non-hydrogen) atoms. The van der Waals surface area contributed by atoms with E-state index in [1.165, 1.54) is 6.20 Å². The second kappa shape index (κ2) is 4.94. The van der Waals surface area contributed by atoms with E-state index in [9.17, 15) is 4.79 Å². The Kier molecular flexibility index (Phi) is 3.12. The van der Waals surface area contributed by atoms with Crippen LogP contribution in [0.4, 0.5) is 5.69 Å². The number of hydrogen-bond donors (Lipinski definition) is 1. The Morgan fingerprint density at radius 3 is 3.05 bits per heavy atom. The number of rotatable bonds is 2. The zero-order chi connectivity index (χ0) is 14.1. The molecule has 1 N–H and O–H groups in total. The lowest BCUT2D eigenvalue weighted by atomic mass is 10.2. The second-order valence-corrected chi connectivity index (χ2v) is 4.75. The number of fused-ring (bicyclic) bond motifs is 1. The van der Waals surface area contributed by atoms with Crippen LogP contribution >= 0.6 is 11.6 Å². The van der Waals surface area contributed by atoms with Crippen molar-refractivity contribution in [2.24, 2.45) is 0 Å². The Labute approximate surface area is 120 Å². The summed E-state index contributed by atoms with van der Waals surface area (Å²) in [6.45, 7) is 1.88. The largest absolute Gasteiger partial charge is 0.319 e. The molecule has 0 saturated carbocycles. The number of carbonyl (C=O) groups excluding carboxylic acids is 1. The highest BCUT2D eigenvalue weighted by Gasteiger charge is 2.14. The molecule has 0 bridgehead atoms. The van der Waals surface area contributed by atoms with Crippen molar-refractivity contribution in [1.82, 2.24) is 14.6 Å². The Balaban J connectivity index is 1.95. The molecule has 0 spiro atoms. The number of hydrogen-bond acceptors (Lipinski definition) is 3. The van der Waals surface area contributed by atoms with E-state index in [1.807, 2.05) is 25.1 Å².